The van der Waals surface area contributed by atoms with Gasteiger partial charge < -0.3 is 4.74 Å². The second-order valence-corrected chi connectivity index (χ2v) is 5.46. The molecule has 1 aromatic carbocycles. The van der Waals surface area contributed by atoms with Gasteiger partial charge in [0.2, 0.25) is 0 Å². The van der Waals surface area contributed by atoms with Crippen LogP contribution in [0.3, 0.4) is 0 Å². The van der Waals surface area contributed by atoms with E-state index in [1.165, 1.54) is 0 Å². The summed E-state index contributed by atoms with van der Waals surface area (Å²) in [5, 5.41) is 1.28. The van der Waals surface area contributed by atoms with Crippen molar-refractivity contribution in [2.24, 2.45) is 0 Å². The van der Waals surface area contributed by atoms with E-state index < -0.39 is 0 Å². The zero-order valence-electron chi connectivity index (χ0n) is 10.9. The number of esters is 1. The Morgan fingerprint density at radius 1 is 1.37 bits per heavy atom. The van der Waals surface area contributed by atoms with Crippen molar-refractivity contribution in [3.05, 3.63) is 33.8 Å². The lowest BCUT2D eigenvalue weighted by atomic mass is 10.2. The molecule has 0 bridgehead atoms. The third-order valence-corrected chi connectivity index (χ3v) is 3.83. The van der Waals surface area contributed by atoms with Crippen LogP contribution >= 0.6 is 23.2 Å². The van der Waals surface area contributed by atoms with Crippen molar-refractivity contribution < 1.29 is 9.53 Å². The van der Waals surface area contributed by atoms with Crippen molar-refractivity contribution in [1.29, 1.82) is 0 Å². The first-order chi connectivity index (χ1) is 9.11. The molecule has 19 heavy (non-hydrogen) atoms. The molecule has 0 aromatic heterocycles. The predicted octanol–water partition coefficient (Wildman–Crippen LogP) is 3.52. The zero-order chi connectivity index (χ0) is 13.8. The van der Waals surface area contributed by atoms with Crippen LogP contribution in [0.25, 0.3) is 0 Å². The standard InChI is InChI=1S/C14H17Cl2NO2/c1-2-19-14(18)9-17(10-6-7-10)8-11-12(15)4-3-5-13(11)16/h3-5,10H,2,6-9H2,1H3. The number of benzene rings is 1. The van der Waals surface area contributed by atoms with Gasteiger partial charge in [-0.1, -0.05) is 29.3 Å². The highest BCUT2D eigenvalue weighted by atomic mass is 35.5. The van der Waals surface area contributed by atoms with Gasteiger partial charge in [-0.15, -0.1) is 0 Å². The molecule has 0 spiro atoms. The third kappa shape index (κ3) is 4.10. The number of halogens is 2. The van der Waals surface area contributed by atoms with Crippen LogP contribution in [0.4, 0.5) is 0 Å². The minimum atomic E-state index is -0.197. The molecule has 3 nitrogen and oxygen atoms in total. The molecule has 0 radical (unpaired) electrons. The lowest BCUT2D eigenvalue weighted by Gasteiger charge is -2.22. The maximum Gasteiger partial charge on any atom is 0.320 e. The fraction of sp³-hybridized carbons (Fsp3) is 0.500. The molecule has 0 saturated heterocycles. The molecule has 1 aromatic rings. The van der Waals surface area contributed by atoms with Crippen LogP contribution in [0.1, 0.15) is 25.3 Å². The van der Waals surface area contributed by atoms with Crippen molar-refractivity contribution in [2.45, 2.75) is 32.4 Å². The first kappa shape index (κ1) is 14.6. The monoisotopic (exact) mass is 301 g/mol. The summed E-state index contributed by atoms with van der Waals surface area (Å²) in [5.74, 6) is -0.197. The molecule has 104 valence electrons. The Labute approximate surface area is 123 Å². The number of hydrogen-bond acceptors (Lipinski definition) is 3. The number of hydrogen-bond donors (Lipinski definition) is 0. The van der Waals surface area contributed by atoms with Crippen LogP contribution in [0, 0.1) is 0 Å². The summed E-state index contributed by atoms with van der Waals surface area (Å²) in [7, 11) is 0. The molecule has 5 heteroatoms. The van der Waals surface area contributed by atoms with Crippen molar-refractivity contribution >= 4 is 29.2 Å². The Balaban J connectivity index is 2.06. The van der Waals surface area contributed by atoms with E-state index in [2.05, 4.69) is 4.90 Å². The molecule has 0 atom stereocenters. The molecule has 0 heterocycles. The summed E-state index contributed by atoms with van der Waals surface area (Å²) in [6.07, 6.45) is 2.23. The van der Waals surface area contributed by atoms with E-state index >= 15 is 0 Å². The Hall–Kier alpha value is -0.770. The maximum absolute atomic E-state index is 11.6. The van der Waals surface area contributed by atoms with Crippen LogP contribution < -0.4 is 0 Å². The van der Waals surface area contributed by atoms with Gasteiger partial charge in [-0.3, -0.25) is 9.69 Å². The van der Waals surface area contributed by atoms with E-state index in [-0.39, 0.29) is 5.97 Å². The average molecular weight is 302 g/mol. The summed E-state index contributed by atoms with van der Waals surface area (Å²) in [5.41, 5.74) is 0.877. The molecule has 0 amide bonds. The van der Waals surface area contributed by atoms with Crippen molar-refractivity contribution in [1.82, 2.24) is 4.90 Å². The number of carbonyl (C=O) groups excluding carboxylic acids is 1. The molecule has 0 unspecified atom stereocenters. The molecule has 1 aliphatic carbocycles. The molecule has 2 rings (SSSR count). The van der Waals surface area contributed by atoms with Crippen LogP contribution in [-0.2, 0) is 16.1 Å². The van der Waals surface area contributed by atoms with Gasteiger partial charge in [0.15, 0.2) is 0 Å². The molecular weight excluding hydrogens is 285 g/mol. The van der Waals surface area contributed by atoms with Crippen molar-refractivity contribution in [3.63, 3.8) is 0 Å². The molecule has 1 saturated carbocycles. The summed E-state index contributed by atoms with van der Waals surface area (Å²) < 4.78 is 5.00. The molecule has 1 aliphatic rings. The van der Waals surface area contributed by atoms with Crippen LogP contribution in [-0.4, -0.2) is 30.1 Å². The second-order valence-electron chi connectivity index (χ2n) is 4.64. The second kappa shape index (κ2) is 6.60. The maximum atomic E-state index is 11.6. The third-order valence-electron chi connectivity index (χ3n) is 3.12. The minimum absolute atomic E-state index is 0.197. The lowest BCUT2D eigenvalue weighted by molar-refractivity contribution is -0.144. The zero-order valence-corrected chi connectivity index (χ0v) is 12.4. The normalized spacial score (nSPS) is 14.7. The first-order valence-electron chi connectivity index (χ1n) is 6.44. The SMILES string of the molecule is CCOC(=O)CN(Cc1c(Cl)cccc1Cl)C1CC1. The van der Waals surface area contributed by atoms with Gasteiger partial charge in [-0.25, -0.2) is 0 Å². The van der Waals surface area contributed by atoms with E-state index in [0.29, 0.717) is 35.8 Å². The Morgan fingerprint density at radius 3 is 2.53 bits per heavy atom. The number of rotatable bonds is 6. The molecular formula is C14H17Cl2NO2. The van der Waals surface area contributed by atoms with Crippen molar-refractivity contribution in [3.8, 4) is 0 Å². The fourth-order valence-corrected chi connectivity index (χ4v) is 2.53. The number of carbonyl (C=O) groups is 1. The predicted molar refractivity (Wildman–Crippen MR) is 76.5 cm³/mol. The minimum Gasteiger partial charge on any atom is -0.465 e. The smallest absolute Gasteiger partial charge is 0.320 e. The Kier molecular flexibility index (Phi) is 5.08. The highest BCUT2D eigenvalue weighted by Crippen LogP contribution is 2.32. The Morgan fingerprint density at radius 2 is 2.00 bits per heavy atom. The largest absolute Gasteiger partial charge is 0.465 e. The molecule has 0 N–H and O–H groups in total. The van der Waals surface area contributed by atoms with E-state index in [1.807, 2.05) is 25.1 Å². The van der Waals surface area contributed by atoms with E-state index in [4.69, 9.17) is 27.9 Å². The quantitative estimate of drug-likeness (QED) is 0.753. The summed E-state index contributed by atoms with van der Waals surface area (Å²) >= 11 is 12.3. The molecule has 1 fully saturated rings. The summed E-state index contributed by atoms with van der Waals surface area (Å²) in [6.45, 7) is 3.09. The van der Waals surface area contributed by atoms with Crippen LogP contribution in [0.2, 0.25) is 10.0 Å². The van der Waals surface area contributed by atoms with Crippen molar-refractivity contribution in [2.75, 3.05) is 13.2 Å². The van der Waals surface area contributed by atoms with Crippen LogP contribution in [0.15, 0.2) is 18.2 Å². The van der Waals surface area contributed by atoms with E-state index in [1.54, 1.807) is 0 Å². The number of ether oxygens (including phenoxy) is 1. The average Bonchev–Trinajstić information content (AvgIpc) is 3.17. The van der Waals surface area contributed by atoms with Gasteiger partial charge in [-0.05, 0) is 31.9 Å². The number of nitrogens with zero attached hydrogens (tertiary/aromatic N) is 1. The highest BCUT2D eigenvalue weighted by molar-refractivity contribution is 6.35. The fourth-order valence-electron chi connectivity index (χ4n) is 2.01. The van der Waals surface area contributed by atoms with Crippen LogP contribution in [0.5, 0.6) is 0 Å². The Bertz CT molecular complexity index is 441. The van der Waals surface area contributed by atoms with Gasteiger partial charge in [-0.2, -0.15) is 0 Å². The highest BCUT2D eigenvalue weighted by Gasteiger charge is 2.31. The lowest BCUT2D eigenvalue weighted by Crippen LogP contribution is -2.32. The summed E-state index contributed by atoms with van der Waals surface area (Å²) in [6, 6.07) is 5.90. The van der Waals surface area contributed by atoms with Gasteiger partial charge in [0.25, 0.3) is 0 Å². The molecule has 0 aliphatic heterocycles. The van der Waals surface area contributed by atoms with E-state index in [9.17, 15) is 4.79 Å². The topological polar surface area (TPSA) is 29.5 Å². The van der Waals surface area contributed by atoms with E-state index in [0.717, 1.165) is 18.4 Å². The first-order valence-corrected chi connectivity index (χ1v) is 7.20. The van der Waals surface area contributed by atoms with Gasteiger partial charge >= 0.3 is 5.97 Å². The summed E-state index contributed by atoms with van der Waals surface area (Å²) in [4.78, 5) is 13.7. The van der Waals surface area contributed by atoms with Gasteiger partial charge in [0.1, 0.15) is 0 Å². The van der Waals surface area contributed by atoms with Gasteiger partial charge in [0, 0.05) is 28.2 Å². The van der Waals surface area contributed by atoms with Gasteiger partial charge in [0.05, 0.1) is 13.2 Å².